The maximum Gasteiger partial charge on any atom is 0.490 e. The molecule has 1 aliphatic heterocycles. The minimum absolute atomic E-state index is 0.00734. The molecular formula is C20H21F3N6O6S. The molecule has 1 aromatic carbocycles. The van der Waals surface area contributed by atoms with Gasteiger partial charge in [0.05, 0.1) is 0 Å². The Morgan fingerprint density at radius 2 is 1.69 bits per heavy atom. The van der Waals surface area contributed by atoms with Gasteiger partial charge in [-0.05, 0) is 34.6 Å². The fourth-order valence-electron chi connectivity index (χ4n) is 3.30. The molecular weight excluding hydrogens is 509 g/mol. The molecule has 0 aliphatic carbocycles. The first kappa shape index (κ1) is 26.8. The molecule has 0 bridgehead atoms. The number of rotatable bonds is 6. The summed E-state index contributed by atoms with van der Waals surface area (Å²) in [5.74, 6) is -2.84. The monoisotopic (exact) mass is 530 g/mol. The fourth-order valence-corrected chi connectivity index (χ4v) is 4.48. The van der Waals surface area contributed by atoms with Crippen LogP contribution >= 0.6 is 0 Å². The van der Waals surface area contributed by atoms with E-state index in [9.17, 15) is 26.4 Å². The Morgan fingerprint density at radius 3 is 2.31 bits per heavy atom. The minimum Gasteiger partial charge on any atom is -0.475 e. The number of hydrogen-bond acceptors (Lipinski definition) is 9. The molecule has 1 aliphatic rings. The van der Waals surface area contributed by atoms with Crippen molar-refractivity contribution in [1.82, 2.24) is 24.9 Å². The highest BCUT2D eigenvalue weighted by Gasteiger charge is 2.38. The lowest BCUT2D eigenvalue weighted by molar-refractivity contribution is -0.192. The molecule has 12 nitrogen and oxygen atoms in total. The Hall–Kier alpha value is -3.79. The lowest BCUT2D eigenvalue weighted by atomic mass is 10.2. The number of aliphatic carboxylic acids is 1. The lowest BCUT2D eigenvalue weighted by Gasteiger charge is -2.36. The third kappa shape index (κ3) is 6.88. The van der Waals surface area contributed by atoms with Gasteiger partial charge in [0.15, 0.2) is 5.52 Å². The van der Waals surface area contributed by atoms with E-state index in [0.29, 0.717) is 18.6 Å². The van der Waals surface area contributed by atoms with Crippen molar-refractivity contribution >= 4 is 38.6 Å². The highest BCUT2D eigenvalue weighted by atomic mass is 32.2. The maximum atomic E-state index is 12.5. The van der Waals surface area contributed by atoms with Gasteiger partial charge >= 0.3 is 12.1 Å². The minimum atomic E-state index is -5.08. The van der Waals surface area contributed by atoms with Crippen LogP contribution < -0.4 is 9.62 Å². The van der Waals surface area contributed by atoms with Gasteiger partial charge in [0.2, 0.25) is 15.9 Å². The second-order valence-corrected chi connectivity index (χ2v) is 9.15. The number of piperazine rings is 1. The van der Waals surface area contributed by atoms with Crippen LogP contribution in [-0.4, -0.2) is 84.5 Å². The van der Waals surface area contributed by atoms with Crippen LogP contribution in [0.1, 0.15) is 6.42 Å². The standard InChI is InChI=1S/C18H20N6O4S.C2HF3O2/c25-17(24-12-10-23(11-13-24)14-4-7-19-8-5-14)6-9-20-29(26,27)16-3-1-2-15-18(16)22-28-21-15;3-2(4,5)1(6)7/h1-5,7-8,20H,6,9-13H2;(H,6,7). The SMILES string of the molecule is O=C(CCNS(=O)(=O)c1cccc2nonc12)N1CCN(c2ccncc2)CC1.O=C(O)C(F)(F)F. The third-order valence-electron chi connectivity index (χ3n) is 5.07. The number of carbonyl (C=O) groups is 2. The zero-order chi connectivity index (χ0) is 26.3. The number of alkyl halides is 3. The summed E-state index contributed by atoms with van der Waals surface area (Å²) in [6, 6.07) is 8.48. The molecule has 0 radical (unpaired) electrons. The van der Waals surface area contributed by atoms with Gasteiger partial charge in [0, 0.05) is 57.2 Å². The van der Waals surface area contributed by atoms with Crippen LogP contribution in [-0.2, 0) is 19.6 Å². The average molecular weight is 530 g/mol. The number of halogens is 3. The number of hydrogen-bond donors (Lipinski definition) is 2. The summed E-state index contributed by atoms with van der Waals surface area (Å²) in [4.78, 5) is 29.3. The number of nitrogens with zero attached hydrogens (tertiary/aromatic N) is 5. The lowest BCUT2D eigenvalue weighted by Crippen LogP contribution is -2.49. The van der Waals surface area contributed by atoms with E-state index in [1.54, 1.807) is 29.4 Å². The number of aromatic nitrogens is 3. The largest absolute Gasteiger partial charge is 0.490 e. The van der Waals surface area contributed by atoms with Crippen molar-refractivity contribution in [3.63, 3.8) is 0 Å². The highest BCUT2D eigenvalue weighted by Crippen LogP contribution is 2.19. The van der Waals surface area contributed by atoms with Crippen molar-refractivity contribution in [2.45, 2.75) is 17.5 Å². The van der Waals surface area contributed by atoms with Crippen LogP contribution in [0.2, 0.25) is 0 Å². The summed E-state index contributed by atoms with van der Waals surface area (Å²) >= 11 is 0. The number of pyridine rings is 1. The van der Waals surface area contributed by atoms with E-state index < -0.39 is 22.2 Å². The van der Waals surface area contributed by atoms with E-state index in [1.807, 2.05) is 12.1 Å². The van der Waals surface area contributed by atoms with Crippen LogP contribution in [0.3, 0.4) is 0 Å². The first-order chi connectivity index (χ1) is 17.0. The number of benzene rings is 1. The first-order valence-corrected chi connectivity index (χ1v) is 11.9. The van der Waals surface area contributed by atoms with Crippen LogP contribution in [0.25, 0.3) is 11.0 Å². The molecule has 3 aromatic rings. The molecule has 0 atom stereocenters. The van der Waals surface area contributed by atoms with E-state index in [4.69, 9.17) is 9.90 Å². The first-order valence-electron chi connectivity index (χ1n) is 10.4. The van der Waals surface area contributed by atoms with E-state index in [1.165, 1.54) is 6.07 Å². The molecule has 1 saturated heterocycles. The van der Waals surface area contributed by atoms with Gasteiger partial charge in [-0.1, -0.05) is 6.07 Å². The fraction of sp³-hybridized carbons (Fsp3) is 0.350. The number of carboxylic acids is 1. The smallest absolute Gasteiger partial charge is 0.475 e. The van der Waals surface area contributed by atoms with Gasteiger partial charge in [0.1, 0.15) is 10.4 Å². The van der Waals surface area contributed by atoms with Crippen molar-refractivity contribution < 1.29 is 40.9 Å². The molecule has 36 heavy (non-hydrogen) atoms. The summed E-state index contributed by atoms with van der Waals surface area (Å²) in [5, 5.41) is 14.4. The predicted molar refractivity (Wildman–Crippen MR) is 118 cm³/mol. The predicted octanol–water partition coefficient (Wildman–Crippen LogP) is 1.27. The number of amides is 1. The Bertz CT molecular complexity index is 1290. The van der Waals surface area contributed by atoms with Gasteiger partial charge in [0.25, 0.3) is 0 Å². The zero-order valence-electron chi connectivity index (χ0n) is 18.6. The Labute approximate surface area is 202 Å². The van der Waals surface area contributed by atoms with E-state index in [2.05, 4.69) is 29.5 Å². The molecule has 1 fully saturated rings. The molecule has 0 saturated carbocycles. The van der Waals surface area contributed by atoms with E-state index >= 15 is 0 Å². The Balaban J connectivity index is 0.000000454. The molecule has 2 aromatic heterocycles. The third-order valence-corrected chi connectivity index (χ3v) is 6.56. The average Bonchev–Trinajstić information content (AvgIpc) is 3.33. The number of fused-ring (bicyclic) bond motifs is 1. The highest BCUT2D eigenvalue weighted by molar-refractivity contribution is 7.89. The number of carbonyl (C=O) groups excluding carboxylic acids is 1. The summed E-state index contributed by atoms with van der Waals surface area (Å²) < 4.78 is 63.9. The Morgan fingerprint density at radius 1 is 1.06 bits per heavy atom. The van der Waals surface area contributed by atoms with Crippen molar-refractivity contribution in [1.29, 1.82) is 0 Å². The van der Waals surface area contributed by atoms with Crippen molar-refractivity contribution in [3.05, 3.63) is 42.7 Å². The van der Waals surface area contributed by atoms with Crippen LogP contribution in [0.4, 0.5) is 18.9 Å². The van der Waals surface area contributed by atoms with Crippen LogP contribution in [0.15, 0.2) is 52.3 Å². The number of carboxylic acid groups (broad SMARTS) is 1. The van der Waals surface area contributed by atoms with Crippen molar-refractivity contribution in [2.24, 2.45) is 0 Å². The second-order valence-electron chi connectivity index (χ2n) is 7.41. The number of sulfonamides is 1. The summed E-state index contributed by atoms with van der Waals surface area (Å²) in [5.41, 5.74) is 1.60. The van der Waals surface area contributed by atoms with Gasteiger partial charge in [-0.15, -0.1) is 0 Å². The molecule has 1 amide bonds. The normalized spacial score (nSPS) is 14.3. The van der Waals surface area contributed by atoms with Crippen LogP contribution in [0.5, 0.6) is 0 Å². The van der Waals surface area contributed by atoms with Gasteiger partial charge < -0.3 is 14.9 Å². The van der Waals surface area contributed by atoms with Crippen molar-refractivity contribution in [2.75, 3.05) is 37.6 Å². The topological polar surface area (TPSA) is 159 Å². The van der Waals surface area contributed by atoms with E-state index in [0.717, 1.165) is 18.8 Å². The van der Waals surface area contributed by atoms with Crippen LogP contribution in [0, 0.1) is 0 Å². The van der Waals surface area contributed by atoms with Gasteiger partial charge in [-0.2, -0.15) is 13.2 Å². The maximum absolute atomic E-state index is 12.5. The number of nitrogens with one attached hydrogen (secondary N) is 1. The molecule has 2 N–H and O–H groups in total. The molecule has 16 heteroatoms. The van der Waals surface area contributed by atoms with Gasteiger partial charge in [-0.25, -0.2) is 22.6 Å². The zero-order valence-corrected chi connectivity index (χ0v) is 19.4. The summed E-state index contributed by atoms with van der Waals surface area (Å²) in [6.45, 7) is 2.65. The number of anilines is 1. The summed E-state index contributed by atoms with van der Waals surface area (Å²) in [7, 11) is -3.83. The van der Waals surface area contributed by atoms with E-state index in [-0.39, 0.29) is 29.3 Å². The Kier molecular flexibility index (Phi) is 8.41. The quantitative estimate of drug-likeness (QED) is 0.475. The molecule has 3 heterocycles. The molecule has 0 spiro atoms. The van der Waals surface area contributed by atoms with Crippen molar-refractivity contribution in [3.8, 4) is 0 Å². The second kappa shape index (κ2) is 11.3. The summed E-state index contributed by atoms with van der Waals surface area (Å²) in [6.07, 6.45) is -1.51. The van der Waals surface area contributed by atoms with Gasteiger partial charge in [-0.3, -0.25) is 9.78 Å². The molecule has 194 valence electrons. The molecule has 0 unspecified atom stereocenters. The molecule has 4 rings (SSSR count).